The van der Waals surface area contributed by atoms with Gasteiger partial charge in [0.1, 0.15) is 51.7 Å². The number of hydrogen-bond acceptors (Lipinski definition) is 3. The van der Waals surface area contributed by atoms with Crippen molar-refractivity contribution in [3.8, 4) is 61.8 Å². The highest BCUT2D eigenvalue weighted by atomic mass is 19.3. The van der Waals surface area contributed by atoms with Gasteiger partial charge in [-0.05, 0) is 156 Å². The van der Waals surface area contributed by atoms with Crippen molar-refractivity contribution in [1.82, 2.24) is 0 Å². The van der Waals surface area contributed by atoms with E-state index in [1.807, 2.05) is 60.7 Å². The summed E-state index contributed by atoms with van der Waals surface area (Å²) in [5.41, 5.74) is 1.97. The third kappa shape index (κ3) is 16.9. The van der Waals surface area contributed by atoms with E-state index in [0.29, 0.717) is 35.4 Å². The maximum Gasteiger partial charge on any atom is 0.432 e. The fraction of sp³-hybridized carbons (Fsp3) is 0.260. The second-order valence-electron chi connectivity index (χ2n) is 23.2. The largest absolute Gasteiger partial charge is 0.491 e. The van der Waals surface area contributed by atoms with E-state index in [9.17, 15) is 74.6 Å². The second-order valence-corrected chi connectivity index (χ2v) is 23.2. The Kier molecular flexibility index (Phi) is 20.6. The van der Waals surface area contributed by atoms with Gasteiger partial charge in [0.05, 0.1) is 6.61 Å². The minimum atomic E-state index is -4.74. The Hall–Kier alpha value is -8.81. The lowest BCUT2D eigenvalue weighted by Crippen LogP contribution is -2.25. The van der Waals surface area contributed by atoms with Gasteiger partial charge in [-0.25, -0.2) is 52.7 Å². The van der Waals surface area contributed by atoms with Crippen LogP contribution in [0.4, 0.5) is 74.6 Å². The van der Waals surface area contributed by atoms with Crippen LogP contribution in [0.15, 0.2) is 152 Å². The quantitative estimate of drug-likeness (QED) is 0.0530. The van der Waals surface area contributed by atoms with Gasteiger partial charge in [-0.1, -0.05) is 123 Å². The predicted molar refractivity (Wildman–Crippen MR) is 317 cm³/mol. The number of halogens is 17. The zero-order valence-electron chi connectivity index (χ0n) is 49.5. The van der Waals surface area contributed by atoms with Crippen LogP contribution in [0, 0.1) is 93.4 Å². The lowest BCUT2D eigenvalue weighted by atomic mass is 9.97. The molecule has 0 atom stereocenters. The highest BCUT2D eigenvalue weighted by Gasteiger charge is 2.43. The van der Waals surface area contributed by atoms with E-state index in [2.05, 4.69) is 9.47 Å². The van der Waals surface area contributed by atoms with E-state index in [1.54, 1.807) is 25.1 Å². The highest BCUT2D eigenvalue weighted by molar-refractivity contribution is 5.72. The van der Waals surface area contributed by atoms with Crippen LogP contribution >= 0.6 is 0 Å². The summed E-state index contributed by atoms with van der Waals surface area (Å²) >= 11 is 0. The van der Waals surface area contributed by atoms with Gasteiger partial charge in [0.25, 0.3) is 0 Å². The Morgan fingerprint density at radius 3 is 1.02 bits per heavy atom. The van der Waals surface area contributed by atoms with Gasteiger partial charge in [-0.2, -0.15) is 22.0 Å². The summed E-state index contributed by atoms with van der Waals surface area (Å²) in [4.78, 5) is 0. The fourth-order valence-corrected chi connectivity index (χ4v) is 10.5. The van der Waals surface area contributed by atoms with Crippen LogP contribution in [0.5, 0.6) is 17.2 Å². The van der Waals surface area contributed by atoms with Gasteiger partial charge in [0.2, 0.25) is 5.82 Å². The molecule has 0 spiro atoms. The average molecular weight is 1310 g/mol. The van der Waals surface area contributed by atoms with E-state index in [1.165, 1.54) is 80.3 Å². The molecule has 0 unspecified atom stereocenters. The number of benzene rings is 9. The summed E-state index contributed by atoms with van der Waals surface area (Å²) in [5.74, 6) is -20.3. The molecule has 0 radical (unpaired) electrons. The molecule has 0 saturated heterocycles. The summed E-state index contributed by atoms with van der Waals surface area (Å²) in [7, 11) is 0. The molecule has 93 heavy (non-hydrogen) atoms. The van der Waals surface area contributed by atoms with Crippen molar-refractivity contribution in [3.63, 3.8) is 0 Å². The molecule has 3 fully saturated rings. The second kappa shape index (κ2) is 28.6. The first-order chi connectivity index (χ1) is 44.3. The zero-order chi connectivity index (χ0) is 66.5. The van der Waals surface area contributed by atoms with Crippen LogP contribution in [0.2, 0.25) is 0 Å². The number of rotatable bonds is 21. The minimum absolute atomic E-state index is 0.0344. The lowest BCUT2D eigenvalue weighted by Gasteiger charge is -2.20. The first-order valence-electron chi connectivity index (χ1n) is 29.9. The van der Waals surface area contributed by atoms with Crippen molar-refractivity contribution in [2.24, 2.45) is 17.8 Å². The summed E-state index contributed by atoms with van der Waals surface area (Å²) in [6, 6.07) is 32.3. The molecule has 9 aromatic carbocycles. The summed E-state index contributed by atoms with van der Waals surface area (Å²) in [5, 5.41) is 0. The molecule has 3 aliphatic carbocycles. The van der Waals surface area contributed by atoms with Crippen LogP contribution in [-0.4, -0.2) is 6.61 Å². The van der Waals surface area contributed by atoms with Crippen molar-refractivity contribution in [2.45, 2.75) is 96.2 Å². The molecule has 0 bridgehead atoms. The molecule has 0 heterocycles. The first kappa shape index (κ1) is 67.1. The summed E-state index contributed by atoms with van der Waals surface area (Å²) < 4.78 is 252. The normalized spacial score (nSPS) is 13.8. The van der Waals surface area contributed by atoms with Crippen molar-refractivity contribution >= 4 is 0 Å². The van der Waals surface area contributed by atoms with E-state index in [0.717, 1.165) is 73.1 Å². The summed E-state index contributed by atoms with van der Waals surface area (Å²) in [6.07, 6.45) is 4.74. The van der Waals surface area contributed by atoms with E-state index in [-0.39, 0.29) is 52.3 Å². The smallest absolute Gasteiger partial charge is 0.432 e. The van der Waals surface area contributed by atoms with Crippen LogP contribution in [0.1, 0.15) is 92.5 Å². The van der Waals surface area contributed by atoms with Gasteiger partial charge in [0.15, 0.2) is 46.5 Å². The standard InChI is InChI=1S/C30H20F8O.C24H17F7O.C19H20F2O/c31-23-11-19(18-7-5-17(6-8-18)4-3-16-1-2-16)9-10-22(23)20-12-24(32)28(25(33)13-20)30(37,38)39-21-14-26(34)29(36)27(35)15-21;25-18-9-16(15-7-5-14(6-8-15)4-3-13-1-2-13)10-19(26)22(18)24(30,31)32-17-11-20(27)23(29)21(28)12-17;1-2-22-17-12-11-16(18(20)19(17)21)15-9-7-14(8-10-15)6-5-13-3-4-13/h5-16H,1-4H2;5-13H,1-4H2;7-13H,2-6H2,1H3. The zero-order valence-corrected chi connectivity index (χ0v) is 49.5. The summed E-state index contributed by atoms with van der Waals surface area (Å²) in [6.45, 7) is 2.05. The van der Waals surface area contributed by atoms with Gasteiger partial charge >= 0.3 is 12.2 Å². The van der Waals surface area contributed by atoms with Gasteiger partial charge in [-0.3, -0.25) is 0 Å². The van der Waals surface area contributed by atoms with E-state index >= 15 is 0 Å². The molecule has 486 valence electrons. The molecule has 12 rings (SSSR count). The average Bonchev–Trinajstić information content (AvgIpc) is 1.80. The van der Waals surface area contributed by atoms with Crippen LogP contribution < -0.4 is 14.2 Å². The molecule has 0 N–H and O–H groups in total. The molecule has 0 amide bonds. The third-order valence-electron chi connectivity index (χ3n) is 16.2. The monoisotopic (exact) mass is 1300 g/mol. The van der Waals surface area contributed by atoms with Crippen molar-refractivity contribution in [2.75, 3.05) is 6.61 Å². The lowest BCUT2D eigenvalue weighted by molar-refractivity contribution is -0.190. The molecular formula is C73H57F17O3. The molecule has 3 aliphatic rings. The molecular weight excluding hydrogens is 1250 g/mol. The molecule has 20 heteroatoms. The Bertz CT molecular complexity index is 4030. The fourth-order valence-electron chi connectivity index (χ4n) is 10.5. The number of hydrogen-bond donors (Lipinski definition) is 0. The SMILES string of the molecule is CCOc1ccc(-c2ccc(CCC3CC3)cc2)c(F)c1F.Fc1cc(-c2ccc(CCC3CC3)cc2)ccc1-c1cc(F)c(C(F)(F)Oc2cc(F)c(F)c(F)c2)c(F)c1.Fc1cc(OC(F)(F)c2c(F)cc(-c3ccc(CCC4CC4)cc3)cc2F)cc(F)c1F. The maximum absolute atomic E-state index is 15.0. The van der Waals surface area contributed by atoms with Crippen molar-refractivity contribution in [3.05, 3.63) is 255 Å². The van der Waals surface area contributed by atoms with Crippen LogP contribution in [0.3, 0.4) is 0 Å². The van der Waals surface area contributed by atoms with E-state index in [4.69, 9.17) is 4.74 Å². The third-order valence-corrected chi connectivity index (χ3v) is 16.2. The van der Waals surface area contributed by atoms with E-state index < -0.39 is 110 Å². The Balaban J connectivity index is 0.000000158. The van der Waals surface area contributed by atoms with Crippen LogP contribution in [-0.2, 0) is 31.5 Å². The molecule has 3 saturated carbocycles. The van der Waals surface area contributed by atoms with Crippen LogP contribution in [0.25, 0.3) is 44.5 Å². The Morgan fingerprint density at radius 2 is 0.656 bits per heavy atom. The number of ether oxygens (including phenoxy) is 3. The molecule has 3 nitrogen and oxygen atoms in total. The minimum Gasteiger partial charge on any atom is -0.491 e. The first-order valence-corrected chi connectivity index (χ1v) is 29.9. The maximum atomic E-state index is 15.0. The van der Waals surface area contributed by atoms with Gasteiger partial charge in [-0.15, -0.1) is 0 Å². The molecule has 0 aliphatic heterocycles. The number of alkyl halides is 4. The van der Waals surface area contributed by atoms with Crippen molar-refractivity contribution in [1.29, 1.82) is 0 Å². The van der Waals surface area contributed by atoms with Crippen molar-refractivity contribution < 1.29 is 88.8 Å². The molecule has 9 aromatic rings. The van der Waals surface area contributed by atoms with Gasteiger partial charge in [0, 0.05) is 35.4 Å². The predicted octanol–water partition coefficient (Wildman–Crippen LogP) is 22.2. The highest BCUT2D eigenvalue weighted by Crippen LogP contribution is 2.42. The topological polar surface area (TPSA) is 27.7 Å². The Labute approximate surface area is 524 Å². The Morgan fingerprint density at radius 1 is 0.323 bits per heavy atom. The molecule has 0 aromatic heterocycles. The number of aryl methyl sites for hydroxylation is 3. The van der Waals surface area contributed by atoms with Gasteiger partial charge < -0.3 is 14.2 Å².